The Morgan fingerprint density at radius 2 is 1.83 bits per heavy atom. The van der Waals surface area contributed by atoms with Crippen molar-refractivity contribution in [2.75, 3.05) is 19.3 Å². The molecule has 0 saturated heterocycles. The van der Waals surface area contributed by atoms with E-state index < -0.39 is 0 Å². The van der Waals surface area contributed by atoms with Crippen molar-refractivity contribution >= 4 is 17.7 Å². The minimum absolute atomic E-state index is 0.0922. The van der Waals surface area contributed by atoms with Crippen molar-refractivity contribution in [2.45, 2.75) is 63.2 Å². The highest BCUT2D eigenvalue weighted by molar-refractivity contribution is 8.00. The van der Waals surface area contributed by atoms with Crippen LogP contribution in [0.25, 0.3) is 0 Å². The van der Waals surface area contributed by atoms with Gasteiger partial charge >= 0.3 is 0 Å². The van der Waals surface area contributed by atoms with Crippen LogP contribution in [0.4, 0.5) is 0 Å². The van der Waals surface area contributed by atoms with Crippen LogP contribution in [-0.2, 0) is 4.79 Å². The Labute approximate surface area is 116 Å². The third-order valence-corrected chi connectivity index (χ3v) is 4.86. The highest BCUT2D eigenvalue weighted by Crippen LogP contribution is 2.37. The minimum Gasteiger partial charge on any atom is -0.350 e. The first kappa shape index (κ1) is 15.8. The van der Waals surface area contributed by atoms with Gasteiger partial charge in [0.25, 0.3) is 0 Å². The quantitative estimate of drug-likeness (QED) is 0.808. The van der Waals surface area contributed by atoms with E-state index in [0.717, 1.165) is 6.54 Å². The van der Waals surface area contributed by atoms with Gasteiger partial charge in [-0.15, -0.1) is 0 Å². The molecule has 0 spiro atoms. The van der Waals surface area contributed by atoms with Crippen LogP contribution in [0.15, 0.2) is 0 Å². The van der Waals surface area contributed by atoms with E-state index in [4.69, 9.17) is 0 Å². The molecular weight excluding hydrogens is 244 g/mol. The van der Waals surface area contributed by atoms with Crippen molar-refractivity contribution in [2.24, 2.45) is 0 Å². The molecule has 0 aromatic rings. The topological polar surface area (TPSA) is 41.1 Å². The summed E-state index contributed by atoms with van der Waals surface area (Å²) in [5.74, 6) is 0.0922. The number of hydrogen-bond donors (Lipinski definition) is 2. The summed E-state index contributed by atoms with van der Waals surface area (Å²) in [6.07, 6.45) is 8.78. The molecule has 0 aromatic heterocycles. The average molecular weight is 272 g/mol. The van der Waals surface area contributed by atoms with Gasteiger partial charge in [0.2, 0.25) is 5.91 Å². The van der Waals surface area contributed by atoms with E-state index in [1.54, 1.807) is 0 Å². The summed E-state index contributed by atoms with van der Waals surface area (Å²) in [6, 6.07) is 0. The molecule has 0 bridgehead atoms. The largest absolute Gasteiger partial charge is 0.350 e. The van der Waals surface area contributed by atoms with Gasteiger partial charge in [-0.3, -0.25) is 4.79 Å². The molecule has 1 aliphatic rings. The SMILES string of the molecule is CSC1(CNCC(=O)NC(C)(C)C)CCCCC1. The molecule has 2 N–H and O–H groups in total. The number of amides is 1. The second kappa shape index (κ2) is 6.80. The van der Waals surface area contributed by atoms with Gasteiger partial charge in [0.05, 0.1) is 6.54 Å². The van der Waals surface area contributed by atoms with E-state index in [0.29, 0.717) is 11.3 Å². The smallest absolute Gasteiger partial charge is 0.234 e. The zero-order valence-corrected chi connectivity index (χ0v) is 13.1. The summed E-state index contributed by atoms with van der Waals surface area (Å²) in [4.78, 5) is 11.7. The molecule has 0 unspecified atom stereocenters. The van der Waals surface area contributed by atoms with Crippen LogP contribution in [0.3, 0.4) is 0 Å². The van der Waals surface area contributed by atoms with E-state index in [1.807, 2.05) is 32.5 Å². The van der Waals surface area contributed by atoms with E-state index in [9.17, 15) is 4.79 Å². The average Bonchev–Trinajstić information content (AvgIpc) is 2.28. The molecule has 0 aromatic carbocycles. The van der Waals surface area contributed by atoms with Gasteiger partial charge in [-0.25, -0.2) is 0 Å². The number of hydrogen-bond acceptors (Lipinski definition) is 3. The van der Waals surface area contributed by atoms with Crippen molar-refractivity contribution in [1.82, 2.24) is 10.6 Å². The molecule has 1 amide bonds. The third-order valence-electron chi connectivity index (χ3n) is 3.44. The Hall–Kier alpha value is -0.220. The molecule has 0 radical (unpaired) electrons. The lowest BCUT2D eigenvalue weighted by Gasteiger charge is -2.36. The summed E-state index contributed by atoms with van der Waals surface area (Å²) >= 11 is 1.96. The first-order valence-corrected chi connectivity index (χ1v) is 8.16. The maximum atomic E-state index is 11.7. The maximum absolute atomic E-state index is 11.7. The minimum atomic E-state index is -0.138. The summed E-state index contributed by atoms with van der Waals surface area (Å²) in [6.45, 7) is 7.41. The summed E-state index contributed by atoms with van der Waals surface area (Å²) in [7, 11) is 0. The molecule has 4 heteroatoms. The maximum Gasteiger partial charge on any atom is 0.234 e. The molecule has 0 heterocycles. The van der Waals surface area contributed by atoms with Gasteiger partial charge in [-0.2, -0.15) is 11.8 Å². The first-order valence-electron chi connectivity index (χ1n) is 6.94. The van der Waals surface area contributed by atoms with Crippen LogP contribution in [0.2, 0.25) is 0 Å². The van der Waals surface area contributed by atoms with Crippen LogP contribution >= 0.6 is 11.8 Å². The molecule has 18 heavy (non-hydrogen) atoms. The van der Waals surface area contributed by atoms with Crippen molar-refractivity contribution < 1.29 is 4.79 Å². The lowest BCUT2D eigenvalue weighted by atomic mass is 9.88. The molecule has 0 aliphatic heterocycles. The number of carbonyl (C=O) groups excluding carboxylic acids is 1. The highest BCUT2D eigenvalue weighted by Gasteiger charge is 2.30. The molecule has 1 rings (SSSR count). The Kier molecular flexibility index (Phi) is 5.99. The molecule has 1 saturated carbocycles. The van der Waals surface area contributed by atoms with Crippen LogP contribution < -0.4 is 10.6 Å². The van der Waals surface area contributed by atoms with Gasteiger partial charge < -0.3 is 10.6 Å². The molecule has 1 fully saturated rings. The van der Waals surface area contributed by atoms with Gasteiger partial charge in [-0.05, 0) is 39.9 Å². The van der Waals surface area contributed by atoms with Gasteiger partial charge in [0, 0.05) is 16.8 Å². The van der Waals surface area contributed by atoms with E-state index in [2.05, 4.69) is 16.9 Å². The fourth-order valence-electron chi connectivity index (χ4n) is 2.52. The zero-order valence-electron chi connectivity index (χ0n) is 12.3. The molecule has 1 aliphatic carbocycles. The lowest BCUT2D eigenvalue weighted by Crippen LogP contribution is -2.47. The number of carbonyl (C=O) groups is 1. The van der Waals surface area contributed by atoms with Crippen LogP contribution in [0.5, 0.6) is 0 Å². The van der Waals surface area contributed by atoms with Crippen molar-refractivity contribution in [3.8, 4) is 0 Å². The monoisotopic (exact) mass is 272 g/mol. The molecule has 106 valence electrons. The normalized spacial score (nSPS) is 19.6. The first-order chi connectivity index (χ1) is 8.37. The Morgan fingerprint density at radius 1 is 1.22 bits per heavy atom. The summed E-state index contributed by atoms with van der Waals surface area (Å²) < 4.78 is 0.361. The zero-order chi connectivity index (χ0) is 13.6. The van der Waals surface area contributed by atoms with Crippen LogP contribution in [0, 0.1) is 0 Å². The second-order valence-corrected chi connectivity index (χ2v) is 7.62. The van der Waals surface area contributed by atoms with E-state index in [1.165, 1.54) is 32.1 Å². The number of rotatable bonds is 5. The predicted molar refractivity (Wildman–Crippen MR) is 80.1 cm³/mol. The second-order valence-electron chi connectivity index (χ2n) is 6.35. The van der Waals surface area contributed by atoms with Gasteiger partial charge in [0.15, 0.2) is 0 Å². The van der Waals surface area contributed by atoms with Crippen molar-refractivity contribution in [1.29, 1.82) is 0 Å². The number of nitrogens with one attached hydrogen (secondary N) is 2. The summed E-state index contributed by atoms with van der Waals surface area (Å²) in [5.41, 5.74) is -0.138. The van der Waals surface area contributed by atoms with Crippen LogP contribution in [-0.4, -0.2) is 35.5 Å². The number of thioether (sulfide) groups is 1. The Morgan fingerprint density at radius 3 is 2.33 bits per heavy atom. The molecule has 0 atom stereocenters. The van der Waals surface area contributed by atoms with Crippen molar-refractivity contribution in [3.63, 3.8) is 0 Å². The Balaban J connectivity index is 2.29. The van der Waals surface area contributed by atoms with E-state index in [-0.39, 0.29) is 11.4 Å². The fourth-order valence-corrected chi connectivity index (χ4v) is 3.46. The molecule has 3 nitrogen and oxygen atoms in total. The Bertz CT molecular complexity index is 267. The fraction of sp³-hybridized carbons (Fsp3) is 0.929. The predicted octanol–water partition coefficient (Wildman–Crippen LogP) is 2.56. The standard InChI is InChI=1S/C14H28N2OS/c1-13(2,3)16-12(17)10-15-11-14(18-4)8-6-5-7-9-14/h15H,5-11H2,1-4H3,(H,16,17). The van der Waals surface area contributed by atoms with Crippen molar-refractivity contribution in [3.05, 3.63) is 0 Å². The van der Waals surface area contributed by atoms with Gasteiger partial charge in [-0.1, -0.05) is 19.3 Å². The van der Waals surface area contributed by atoms with Crippen LogP contribution in [0.1, 0.15) is 52.9 Å². The van der Waals surface area contributed by atoms with E-state index >= 15 is 0 Å². The molecular formula is C14H28N2OS. The van der Waals surface area contributed by atoms with Gasteiger partial charge in [0.1, 0.15) is 0 Å². The summed E-state index contributed by atoms with van der Waals surface area (Å²) in [5, 5.41) is 6.32. The lowest BCUT2D eigenvalue weighted by molar-refractivity contribution is -0.121. The highest BCUT2D eigenvalue weighted by atomic mass is 32.2. The third kappa shape index (κ3) is 5.61.